The third-order valence-electron chi connectivity index (χ3n) is 3.18. The monoisotopic (exact) mass is 259 g/mol. The highest BCUT2D eigenvalue weighted by Gasteiger charge is 2.23. The van der Waals surface area contributed by atoms with Gasteiger partial charge in [0.1, 0.15) is 0 Å². The van der Waals surface area contributed by atoms with Crippen molar-refractivity contribution in [1.82, 2.24) is 5.32 Å². The van der Waals surface area contributed by atoms with Crippen LogP contribution >= 0.6 is 22.9 Å². The highest BCUT2D eigenvalue weighted by molar-refractivity contribution is 7.16. The van der Waals surface area contributed by atoms with Gasteiger partial charge in [-0.3, -0.25) is 0 Å². The Bertz CT molecular complexity index is 313. The van der Waals surface area contributed by atoms with Crippen molar-refractivity contribution in [2.24, 2.45) is 11.8 Å². The minimum absolute atomic E-state index is 0.432. The zero-order valence-electron chi connectivity index (χ0n) is 10.8. The van der Waals surface area contributed by atoms with Gasteiger partial charge in [0.05, 0.1) is 4.34 Å². The first-order valence-electron chi connectivity index (χ1n) is 5.96. The van der Waals surface area contributed by atoms with E-state index in [0.717, 1.165) is 10.9 Å². The predicted molar refractivity (Wildman–Crippen MR) is 74.5 cm³/mol. The molecule has 2 unspecified atom stereocenters. The number of hydrogen-bond acceptors (Lipinski definition) is 2. The van der Waals surface area contributed by atoms with Gasteiger partial charge >= 0.3 is 0 Å². The van der Waals surface area contributed by atoms with Crippen LogP contribution in [-0.2, 0) is 0 Å². The average molecular weight is 260 g/mol. The molecular formula is C13H22ClNS. The molecule has 0 aliphatic rings. The minimum Gasteiger partial charge on any atom is -0.309 e. The second-order valence-electron chi connectivity index (χ2n) is 4.74. The van der Waals surface area contributed by atoms with Crippen LogP contribution in [0.1, 0.15) is 44.2 Å². The summed E-state index contributed by atoms with van der Waals surface area (Å²) in [6.45, 7) is 12.1. The van der Waals surface area contributed by atoms with Crippen LogP contribution in [0.4, 0.5) is 0 Å². The zero-order chi connectivity index (χ0) is 12.3. The second-order valence-corrected chi connectivity index (χ2v) is 6.43. The van der Waals surface area contributed by atoms with Gasteiger partial charge in [0.25, 0.3) is 0 Å². The SMILES string of the molecule is CCNC(c1cc(C)c(Cl)s1)C(C)C(C)C. The van der Waals surface area contributed by atoms with Crippen molar-refractivity contribution in [3.8, 4) is 0 Å². The molecule has 1 N–H and O–H groups in total. The first-order chi connectivity index (χ1) is 7.47. The lowest BCUT2D eigenvalue weighted by molar-refractivity contribution is 0.311. The summed E-state index contributed by atoms with van der Waals surface area (Å²) in [5.74, 6) is 1.29. The van der Waals surface area contributed by atoms with Crippen molar-refractivity contribution in [2.45, 2.75) is 40.7 Å². The minimum atomic E-state index is 0.432. The van der Waals surface area contributed by atoms with Crippen LogP contribution in [0.15, 0.2) is 6.07 Å². The van der Waals surface area contributed by atoms with E-state index in [-0.39, 0.29) is 0 Å². The molecule has 0 fully saturated rings. The molecule has 16 heavy (non-hydrogen) atoms. The zero-order valence-corrected chi connectivity index (χ0v) is 12.4. The van der Waals surface area contributed by atoms with E-state index < -0.39 is 0 Å². The molecule has 1 heterocycles. The van der Waals surface area contributed by atoms with Crippen LogP contribution in [-0.4, -0.2) is 6.54 Å². The van der Waals surface area contributed by atoms with E-state index in [9.17, 15) is 0 Å². The molecule has 0 amide bonds. The van der Waals surface area contributed by atoms with E-state index in [1.54, 1.807) is 11.3 Å². The van der Waals surface area contributed by atoms with Crippen LogP contribution in [0.5, 0.6) is 0 Å². The number of hydrogen-bond donors (Lipinski definition) is 1. The molecule has 0 radical (unpaired) electrons. The quantitative estimate of drug-likeness (QED) is 0.812. The molecule has 0 aliphatic carbocycles. The summed E-state index contributed by atoms with van der Waals surface area (Å²) in [5, 5.41) is 3.57. The number of thiophene rings is 1. The Morgan fingerprint density at radius 1 is 1.38 bits per heavy atom. The third kappa shape index (κ3) is 3.22. The number of nitrogens with one attached hydrogen (secondary N) is 1. The van der Waals surface area contributed by atoms with Crippen molar-refractivity contribution < 1.29 is 0 Å². The highest BCUT2D eigenvalue weighted by atomic mass is 35.5. The molecule has 2 atom stereocenters. The summed E-state index contributed by atoms with van der Waals surface area (Å²) in [7, 11) is 0. The van der Waals surface area contributed by atoms with Crippen molar-refractivity contribution in [1.29, 1.82) is 0 Å². The first-order valence-corrected chi connectivity index (χ1v) is 7.16. The van der Waals surface area contributed by atoms with Crippen LogP contribution in [0.2, 0.25) is 4.34 Å². The van der Waals surface area contributed by atoms with Crippen LogP contribution in [0, 0.1) is 18.8 Å². The van der Waals surface area contributed by atoms with Crippen LogP contribution in [0.3, 0.4) is 0 Å². The molecule has 1 nitrogen and oxygen atoms in total. The molecule has 0 aromatic carbocycles. The molecule has 1 rings (SSSR count). The smallest absolute Gasteiger partial charge is 0.0960 e. The molecular weight excluding hydrogens is 238 g/mol. The second kappa shape index (κ2) is 6.04. The summed E-state index contributed by atoms with van der Waals surface area (Å²) < 4.78 is 0.925. The molecule has 92 valence electrons. The summed E-state index contributed by atoms with van der Waals surface area (Å²) in [6.07, 6.45) is 0. The van der Waals surface area contributed by atoms with Crippen LogP contribution in [0.25, 0.3) is 0 Å². The lowest BCUT2D eigenvalue weighted by Gasteiger charge is -2.26. The van der Waals surface area contributed by atoms with Crippen molar-refractivity contribution in [2.75, 3.05) is 6.54 Å². The molecule has 0 bridgehead atoms. The van der Waals surface area contributed by atoms with E-state index in [1.807, 2.05) is 0 Å². The molecule has 1 aromatic heterocycles. The van der Waals surface area contributed by atoms with E-state index >= 15 is 0 Å². The van der Waals surface area contributed by atoms with Gasteiger partial charge < -0.3 is 5.32 Å². The summed E-state index contributed by atoms with van der Waals surface area (Å²) in [6, 6.07) is 2.65. The first kappa shape index (κ1) is 14.0. The fraction of sp³-hybridized carbons (Fsp3) is 0.692. The maximum absolute atomic E-state index is 6.15. The van der Waals surface area contributed by atoms with E-state index in [2.05, 4.69) is 46.0 Å². The molecule has 0 spiro atoms. The Labute approximate surface area is 108 Å². The third-order valence-corrected chi connectivity index (χ3v) is 4.82. The fourth-order valence-corrected chi connectivity index (χ4v) is 3.20. The van der Waals surface area contributed by atoms with E-state index in [1.165, 1.54) is 10.4 Å². The van der Waals surface area contributed by atoms with E-state index in [4.69, 9.17) is 11.6 Å². The van der Waals surface area contributed by atoms with Gasteiger partial charge in [0, 0.05) is 10.9 Å². The fourth-order valence-electron chi connectivity index (χ4n) is 1.79. The maximum Gasteiger partial charge on any atom is 0.0960 e. The average Bonchev–Trinajstić information content (AvgIpc) is 2.54. The standard InChI is InChI=1S/C13H22ClNS/c1-6-15-12(10(5)8(2)3)11-7-9(4)13(14)16-11/h7-8,10,12,15H,6H2,1-5H3. The summed E-state index contributed by atoms with van der Waals surface area (Å²) in [4.78, 5) is 1.37. The predicted octanol–water partition coefficient (Wildman–Crippen LogP) is 4.65. The Hall–Kier alpha value is -0.0500. The van der Waals surface area contributed by atoms with Gasteiger partial charge in [0.15, 0.2) is 0 Å². The Balaban J connectivity index is 2.92. The van der Waals surface area contributed by atoms with Crippen molar-refractivity contribution in [3.63, 3.8) is 0 Å². The molecule has 3 heteroatoms. The lowest BCUT2D eigenvalue weighted by atomic mass is 9.89. The Morgan fingerprint density at radius 2 is 2.00 bits per heavy atom. The lowest BCUT2D eigenvalue weighted by Crippen LogP contribution is -2.28. The van der Waals surface area contributed by atoms with Gasteiger partial charge in [0.2, 0.25) is 0 Å². The highest BCUT2D eigenvalue weighted by Crippen LogP contribution is 2.36. The van der Waals surface area contributed by atoms with Gasteiger partial charge in [-0.1, -0.05) is 39.3 Å². The van der Waals surface area contributed by atoms with Crippen molar-refractivity contribution in [3.05, 3.63) is 20.8 Å². The molecule has 0 saturated carbocycles. The molecule has 1 aromatic rings. The normalized spacial score (nSPS) is 15.4. The molecule has 0 aliphatic heterocycles. The van der Waals surface area contributed by atoms with Crippen molar-refractivity contribution >= 4 is 22.9 Å². The van der Waals surface area contributed by atoms with Gasteiger partial charge in [-0.25, -0.2) is 0 Å². The van der Waals surface area contributed by atoms with Gasteiger partial charge in [-0.2, -0.15) is 0 Å². The maximum atomic E-state index is 6.15. The summed E-state index contributed by atoms with van der Waals surface area (Å²) >= 11 is 7.86. The number of aryl methyl sites for hydroxylation is 1. The number of halogens is 1. The topological polar surface area (TPSA) is 12.0 Å². The van der Waals surface area contributed by atoms with Gasteiger partial charge in [-0.05, 0) is 36.9 Å². The number of rotatable bonds is 5. The van der Waals surface area contributed by atoms with Crippen LogP contribution < -0.4 is 5.32 Å². The Kier molecular flexibility index (Phi) is 5.29. The summed E-state index contributed by atoms with van der Waals surface area (Å²) in [5.41, 5.74) is 1.19. The molecule has 0 saturated heterocycles. The largest absolute Gasteiger partial charge is 0.309 e. The van der Waals surface area contributed by atoms with Gasteiger partial charge in [-0.15, -0.1) is 11.3 Å². The van der Waals surface area contributed by atoms with E-state index in [0.29, 0.717) is 17.9 Å². The Morgan fingerprint density at radius 3 is 2.38 bits per heavy atom.